The van der Waals surface area contributed by atoms with Gasteiger partial charge in [-0.25, -0.2) is 0 Å². The SMILES string of the molecule is OCCNCCO.[O-]c1ccc(Cl)cc1-c1ccccc1. The van der Waals surface area contributed by atoms with Crippen molar-refractivity contribution in [1.29, 1.82) is 0 Å². The van der Waals surface area contributed by atoms with Crippen molar-refractivity contribution < 1.29 is 15.3 Å². The molecule has 0 amide bonds. The van der Waals surface area contributed by atoms with Crippen molar-refractivity contribution in [1.82, 2.24) is 5.32 Å². The molecule has 0 aliphatic rings. The largest absolute Gasteiger partial charge is 0.872 e. The fraction of sp³-hybridized carbons (Fsp3) is 0.250. The molecule has 0 radical (unpaired) electrons. The predicted molar refractivity (Wildman–Crippen MR) is 83.4 cm³/mol. The lowest BCUT2D eigenvalue weighted by molar-refractivity contribution is -0.267. The van der Waals surface area contributed by atoms with Gasteiger partial charge in [-0.1, -0.05) is 48.0 Å². The Bertz CT molecular complexity index is 516. The van der Waals surface area contributed by atoms with Crippen molar-refractivity contribution in [3.8, 4) is 16.9 Å². The van der Waals surface area contributed by atoms with Gasteiger partial charge in [0.05, 0.1) is 13.2 Å². The summed E-state index contributed by atoms with van der Waals surface area (Å²) in [4.78, 5) is 0. The molecule has 0 aromatic heterocycles. The molecule has 0 saturated carbocycles. The molecule has 5 heteroatoms. The zero-order valence-electron chi connectivity index (χ0n) is 11.6. The van der Waals surface area contributed by atoms with E-state index in [9.17, 15) is 5.11 Å². The number of nitrogens with one attached hydrogen (secondary N) is 1. The number of rotatable bonds is 5. The summed E-state index contributed by atoms with van der Waals surface area (Å²) >= 11 is 5.83. The molecule has 0 saturated heterocycles. The highest BCUT2D eigenvalue weighted by Gasteiger charge is 1.98. The lowest BCUT2D eigenvalue weighted by atomic mass is 10.1. The number of hydrogen-bond acceptors (Lipinski definition) is 4. The highest BCUT2D eigenvalue weighted by atomic mass is 35.5. The minimum Gasteiger partial charge on any atom is -0.872 e. The molecule has 0 unspecified atom stereocenters. The summed E-state index contributed by atoms with van der Waals surface area (Å²) in [7, 11) is 0. The molecular weight excluding hydrogens is 290 g/mol. The Balaban J connectivity index is 0.000000270. The van der Waals surface area contributed by atoms with E-state index in [1.165, 1.54) is 6.07 Å². The average molecular weight is 309 g/mol. The van der Waals surface area contributed by atoms with Crippen molar-refractivity contribution in [2.75, 3.05) is 26.3 Å². The summed E-state index contributed by atoms with van der Waals surface area (Å²) in [6.45, 7) is 1.42. The first-order valence-electron chi connectivity index (χ1n) is 6.63. The van der Waals surface area contributed by atoms with E-state index >= 15 is 0 Å². The molecule has 0 spiro atoms. The number of hydrogen-bond donors (Lipinski definition) is 3. The first-order valence-corrected chi connectivity index (χ1v) is 7.01. The second kappa shape index (κ2) is 10.2. The summed E-state index contributed by atoms with van der Waals surface area (Å²) in [5.74, 6) is 0.000556. The van der Waals surface area contributed by atoms with Gasteiger partial charge >= 0.3 is 0 Å². The van der Waals surface area contributed by atoms with Crippen LogP contribution in [0.2, 0.25) is 5.02 Å². The first kappa shape index (κ1) is 17.5. The van der Waals surface area contributed by atoms with E-state index < -0.39 is 0 Å². The lowest BCUT2D eigenvalue weighted by Gasteiger charge is -2.13. The van der Waals surface area contributed by atoms with E-state index in [4.69, 9.17) is 21.8 Å². The maximum Gasteiger partial charge on any atom is 0.0555 e. The van der Waals surface area contributed by atoms with Crippen molar-refractivity contribution >= 4 is 11.6 Å². The van der Waals surface area contributed by atoms with Gasteiger partial charge in [0.15, 0.2) is 0 Å². The maximum atomic E-state index is 11.5. The monoisotopic (exact) mass is 308 g/mol. The van der Waals surface area contributed by atoms with Gasteiger partial charge in [-0.2, -0.15) is 0 Å². The number of aliphatic hydroxyl groups is 2. The third-order valence-corrected chi connectivity index (χ3v) is 2.84. The van der Waals surface area contributed by atoms with Crippen molar-refractivity contribution in [3.05, 3.63) is 53.6 Å². The van der Waals surface area contributed by atoms with E-state index in [0.29, 0.717) is 23.7 Å². The number of aliphatic hydroxyl groups excluding tert-OH is 2. The summed E-state index contributed by atoms with van der Waals surface area (Å²) in [5, 5.41) is 31.2. The maximum absolute atomic E-state index is 11.5. The summed E-state index contributed by atoms with van der Waals surface area (Å²) in [6.07, 6.45) is 0. The van der Waals surface area contributed by atoms with E-state index in [-0.39, 0.29) is 19.0 Å². The second-order valence-corrected chi connectivity index (χ2v) is 4.64. The lowest BCUT2D eigenvalue weighted by Crippen LogP contribution is -2.21. The van der Waals surface area contributed by atoms with Crippen LogP contribution in [0.15, 0.2) is 48.5 Å². The molecule has 0 fully saturated rings. The van der Waals surface area contributed by atoms with Crippen LogP contribution in [0.4, 0.5) is 0 Å². The fourth-order valence-corrected chi connectivity index (χ4v) is 1.80. The molecular formula is C16H19ClNO3-. The van der Waals surface area contributed by atoms with Gasteiger partial charge in [0.2, 0.25) is 0 Å². The topological polar surface area (TPSA) is 75.5 Å². The molecule has 2 rings (SSSR count). The fourth-order valence-electron chi connectivity index (χ4n) is 1.63. The van der Waals surface area contributed by atoms with E-state index in [1.807, 2.05) is 30.3 Å². The Morgan fingerprint density at radius 3 is 2.14 bits per heavy atom. The zero-order chi connectivity index (χ0) is 15.5. The van der Waals surface area contributed by atoms with Gasteiger partial charge in [-0.15, -0.1) is 5.75 Å². The minimum absolute atomic E-state index is 0.000556. The highest BCUT2D eigenvalue weighted by molar-refractivity contribution is 6.30. The van der Waals surface area contributed by atoms with Crippen LogP contribution in [0.1, 0.15) is 0 Å². The zero-order valence-corrected chi connectivity index (χ0v) is 12.4. The van der Waals surface area contributed by atoms with Gasteiger partial charge in [0, 0.05) is 18.1 Å². The molecule has 3 N–H and O–H groups in total. The Morgan fingerprint density at radius 2 is 1.57 bits per heavy atom. The Morgan fingerprint density at radius 1 is 0.952 bits per heavy atom. The molecule has 0 heterocycles. The van der Waals surface area contributed by atoms with Gasteiger partial charge < -0.3 is 20.6 Å². The molecule has 0 atom stereocenters. The van der Waals surface area contributed by atoms with Gasteiger partial charge in [0.25, 0.3) is 0 Å². The van der Waals surface area contributed by atoms with Crippen LogP contribution in [0.25, 0.3) is 11.1 Å². The summed E-state index contributed by atoms with van der Waals surface area (Å²) < 4.78 is 0. The number of halogens is 1. The molecule has 2 aromatic rings. The van der Waals surface area contributed by atoms with Crippen molar-refractivity contribution in [3.63, 3.8) is 0 Å². The Kier molecular flexibility index (Phi) is 8.47. The molecule has 0 aliphatic carbocycles. The second-order valence-electron chi connectivity index (χ2n) is 4.20. The van der Waals surface area contributed by atoms with Crippen LogP contribution in [-0.4, -0.2) is 36.5 Å². The quantitative estimate of drug-likeness (QED) is 0.734. The summed E-state index contributed by atoms with van der Waals surface area (Å²) in [5.41, 5.74) is 1.55. The van der Waals surface area contributed by atoms with Crippen molar-refractivity contribution in [2.45, 2.75) is 0 Å². The molecule has 0 bridgehead atoms. The Hall–Kier alpha value is -1.59. The third kappa shape index (κ3) is 6.60. The van der Waals surface area contributed by atoms with Gasteiger partial charge in [0.1, 0.15) is 0 Å². The number of benzene rings is 2. The van der Waals surface area contributed by atoms with Gasteiger partial charge in [-0.3, -0.25) is 0 Å². The van der Waals surface area contributed by atoms with Crippen LogP contribution in [0, 0.1) is 0 Å². The molecule has 2 aromatic carbocycles. The van der Waals surface area contributed by atoms with Crippen LogP contribution in [0.3, 0.4) is 0 Å². The molecule has 0 aliphatic heterocycles. The van der Waals surface area contributed by atoms with Crippen molar-refractivity contribution in [2.24, 2.45) is 0 Å². The average Bonchev–Trinajstić information content (AvgIpc) is 2.52. The van der Waals surface area contributed by atoms with Crippen LogP contribution >= 0.6 is 11.6 Å². The smallest absolute Gasteiger partial charge is 0.0555 e. The van der Waals surface area contributed by atoms with Crippen LogP contribution in [-0.2, 0) is 0 Å². The minimum atomic E-state index is 0.000556. The molecule has 4 nitrogen and oxygen atoms in total. The van der Waals surface area contributed by atoms with Crippen LogP contribution in [0.5, 0.6) is 5.75 Å². The Labute approximate surface area is 129 Å². The molecule has 21 heavy (non-hydrogen) atoms. The normalized spacial score (nSPS) is 9.86. The van der Waals surface area contributed by atoms with E-state index in [2.05, 4.69) is 5.32 Å². The standard InChI is InChI=1S/C12H9ClO.C4H11NO2/c13-10-6-7-12(14)11(8-10)9-4-2-1-3-5-9;6-3-1-5-2-4-7/h1-8,14H;5-7H,1-4H2/p-1. The van der Waals surface area contributed by atoms with Crippen LogP contribution < -0.4 is 10.4 Å². The predicted octanol–water partition coefficient (Wildman–Crippen LogP) is 1.64. The van der Waals surface area contributed by atoms with E-state index in [0.717, 1.165) is 5.56 Å². The van der Waals surface area contributed by atoms with E-state index in [1.54, 1.807) is 12.1 Å². The highest BCUT2D eigenvalue weighted by Crippen LogP contribution is 2.29. The van der Waals surface area contributed by atoms with Gasteiger partial charge in [-0.05, 0) is 23.3 Å². The molecule has 114 valence electrons. The third-order valence-electron chi connectivity index (χ3n) is 2.60. The summed E-state index contributed by atoms with van der Waals surface area (Å²) in [6, 6.07) is 14.3. The first-order chi connectivity index (χ1) is 10.2.